The molecule has 3 unspecified atom stereocenters. The van der Waals surface area contributed by atoms with E-state index < -0.39 is 11.0 Å². The number of nitrogens with one attached hydrogen (secondary N) is 2. The molecule has 2 aromatic carbocycles. The molecule has 2 N–H and O–H groups in total. The second kappa shape index (κ2) is 8.31. The van der Waals surface area contributed by atoms with Crippen molar-refractivity contribution < 1.29 is 9.00 Å². The largest absolute Gasteiger partial charge is 0.329 e. The maximum atomic E-state index is 12.6. The summed E-state index contributed by atoms with van der Waals surface area (Å²) >= 11 is 0. The lowest BCUT2D eigenvalue weighted by atomic mass is 9.57. The van der Waals surface area contributed by atoms with E-state index in [1.54, 1.807) is 24.3 Å². The molecule has 2 aromatic rings. The highest BCUT2D eigenvalue weighted by Crippen LogP contribution is 2.51. The van der Waals surface area contributed by atoms with Gasteiger partial charge in [0.15, 0.2) is 0 Å². The molecule has 3 atom stereocenters. The van der Waals surface area contributed by atoms with Gasteiger partial charge in [-0.25, -0.2) is 4.21 Å². The Morgan fingerprint density at radius 3 is 2.10 bits per heavy atom. The van der Waals surface area contributed by atoms with Crippen LogP contribution < -0.4 is 10.0 Å². The molecule has 2 fully saturated rings. The van der Waals surface area contributed by atoms with Crippen molar-refractivity contribution in [1.29, 1.82) is 0 Å². The summed E-state index contributed by atoms with van der Waals surface area (Å²) in [4.78, 5) is 11.2. The molecule has 4 rings (SSSR count). The van der Waals surface area contributed by atoms with Crippen LogP contribution in [0.3, 0.4) is 0 Å². The number of carbonyl (C=O) groups excluding carboxylic acids is 1. The van der Waals surface area contributed by atoms with E-state index in [1.807, 2.05) is 12.1 Å². The summed E-state index contributed by atoms with van der Waals surface area (Å²) in [6.45, 7) is 4.84. The first kappa shape index (κ1) is 20.1. The minimum absolute atomic E-state index is 0.257. The molecule has 4 nitrogen and oxygen atoms in total. The number of rotatable bonds is 6. The number of fused-ring (bicyclic) bond motifs is 2. The Bertz CT molecular complexity index is 861. The highest BCUT2D eigenvalue weighted by atomic mass is 32.2. The first-order valence-electron chi connectivity index (χ1n) is 10.5. The zero-order valence-electron chi connectivity index (χ0n) is 17.2. The third-order valence-corrected chi connectivity index (χ3v) is 7.82. The summed E-state index contributed by atoms with van der Waals surface area (Å²) in [6, 6.07) is 15.5. The summed E-state index contributed by atoms with van der Waals surface area (Å²) in [7, 11) is -1.34. The zero-order valence-corrected chi connectivity index (χ0v) is 18.0. The van der Waals surface area contributed by atoms with Crippen LogP contribution in [0.15, 0.2) is 53.4 Å². The van der Waals surface area contributed by atoms with Gasteiger partial charge in [0.05, 0.1) is 4.90 Å². The van der Waals surface area contributed by atoms with Gasteiger partial charge in [0, 0.05) is 11.4 Å². The molecule has 2 aliphatic carbocycles. The van der Waals surface area contributed by atoms with Crippen LogP contribution in [0, 0.1) is 17.8 Å². The zero-order chi connectivity index (χ0) is 20.4. The molecule has 0 aliphatic heterocycles. The maximum absolute atomic E-state index is 12.6. The molecule has 2 aliphatic rings. The molecule has 0 heterocycles. The van der Waals surface area contributed by atoms with Gasteiger partial charge in [0.25, 0.3) is 0 Å². The molecular formula is C24H30N2O2S. The van der Waals surface area contributed by atoms with Crippen LogP contribution in [0.25, 0.3) is 0 Å². The van der Waals surface area contributed by atoms with Crippen LogP contribution in [-0.2, 0) is 21.2 Å². The topological polar surface area (TPSA) is 58.2 Å². The fraction of sp³-hybridized carbons (Fsp3) is 0.458. The number of benzene rings is 2. The van der Waals surface area contributed by atoms with Crippen LogP contribution in [0.2, 0.25) is 0 Å². The van der Waals surface area contributed by atoms with E-state index in [-0.39, 0.29) is 5.41 Å². The molecule has 0 saturated heterocycles. The number of amides is 1. The Labute approximate surface area is 176 Å². The fourth-order valence-corrected chi connectivity index (χ4v) is 6.53. The minimum atomic E-state index is -1.34. The Kier molecular flexibility index (Phi) is 5.77. The maximum Gasteiger partial charge on any atom is 0.211 e. The lowest BCUT2D eigenvalue weighted by Crippen LogP contribution is -2.38. The van der Waals surface area contributed by atoms with Crippen molar-refractivity contribution in [3.8, 4) is 0 Å². The van der Waals surface area contributed by atoms with Gasteiger partial charge in [0.1, 0.15) is 11.0 Å². The van der Waals surface area contributed by atoms with Crippen LogP contribution in [-0.4, -0.2) is 10.6 Å². The van der Waals surface area contributed by atoms with Crippen molar-refractivity contribution in [2.24, 2.45) is 17.8 Å². The molecular weight excluding hydrogens is 380 g/mol. The van der Waals surface area contributed by atoms with Crippen molar-refractivity contribution in [2.45, 2.75) is 56.3 Å². The van der Waals surface area contributed by atoms with Gasteiger partial charge < -0.3 is 10.0 Å². The van der Waals surface area contributed by atoms with E-state index >= 15 is 0 Å². The molecule has 0 aromatic heterocycles. The predicted octanol–water partition coefficient (Wildman–Crippen LogP) is 5.49. The molecule has 2 bridgehead atoms. The monoisotopic (exact) mass is 410 g/mol. The SMILES string of the molecule is CC1CC2CC(C1)CC(C)(c1ccc(NS(=O)c3ccc(NC=O)cc3)cc1)C2. The molecule has 2 saturated carbocycles. The van der Waals surface area contributed by atoms with Crippen LogP contribution >= 0.6 is 0 Å². The summed E-state index contributed by atoms with van der Waals surface area (Å²) < 4.78 is 15.7. The van der Waals surface area contributed by atoms with Crippen molar-refractivity contribution in [1.82, 2.24) is 0 Å². The van der Waals surface area contributed by atoms with Crippen LogP contribution in [0.4, 0.5) is 11.4 Å². The van der Waals surface area contributed by atoms with Gasteiger partial charge in [-0.3, -0.25) is 4.79 Å². The molecule has 29 heavy (non-hydrogen) atoms. The molecule has 154 valence electrons. The van der Waals surface area contributed by atoms with E-state index in [4.69, 9.17) is 0 Å². The van der Waals surface area contributed by atoms with E-state index in [2.05, 4.69) is 36.0 Å². The molecule has 0 radical (unpaired) electrons. The van der Waals surface area contributed by atoms with Crippen LogP contribution in [0.5, 0.6) is 0 Å². The summed E-state index contributed by atoms with van der Waals surface area (Å²) in [5, 5.41) is 2.58. The number of anilines is 2. The second-order valence-electron chi connectivity index (χ2n) is 9.25. The van der Waals surface area contributed by atoms with Gasteiger partial charge in [-0.05, 0) is 97.2 Å². The number of hydrogen-bond acceptors (Lipinski definition) is 2. The summed E-state index contributed by atoms with van der Waals surface area (Å²) in [5.41, 5.74) is 3.20. The van der Waals surface area contributed by atoms with Gasteiger partial charge in [0.2, 0.25) is 6.41 Å². The Morgan fingerprint density at radius 1 is 0.931 bits per heavy atom. The molecule has 0 spiro atoms. The van der Waals surface area contributed by atoms with Crippen molar-refractivity contribution in [3.05, 3.63) is 54.1 Å². The molecule has 1 amide bonds. The first-order chi connectivity index (χ1) is 13.9. The van der Waals surface area contributed by atoms with Gasteiger partial charge in [-0.1, -0.05) is 26.0 Å². The first-order valence-corrected chi connectivity index (χ1v) is 11.7. The van der Waals surface area contributed by atoms with E-state index in [0.717, 1.165) is 23.4 Å². The Balaban J connectivity index is 1.42. The quantitative estimate of drug-likeness (QED) is 0.618. The van der Waals surface area contributed by atoms with E-state index in [0.29, 0.717) is 17.0 Å². The average Bonchev–Trinajstić information content (AvgIpc) is 2.68. The highest BCUT2D eigenvalue weighted by molar-refractivity contribution is 7.86. The summed E-state index contributed by atoms with van der Waals surface area (Å²) in [5.74, 6) is 2.61. The number of carbonyl (C=O) groups is 1. The lowest BCUT2D eigenvalue weighted by molar-refractivity contribution is -0.105. The third kappa shape index (κ3) is 4.55. The van der Waals surface area contributed by atoms with Gasteiger partial charge in [-0.15, -0.1) is 0 Å². The second-order valence-corrected chi connectivity index (χ2v) is 10.5. The van der Waals surface area contributed by atoms with E-state index in [9.17, 15) is 9.00 Å². The van der Waals surface area contributed by atoms with E-state index in [1.165, 1.54) is 37.7 Å². The highest BCUT2D eigenvalue weighted by Gasteiger charge is 2.41. The fourth-order valence-electron chi connectivity index (χ4n) is 5.67. The Hall–Kier alpha value is -2.14. The Morgan fingerprint density at radius 2 is 1.52 bits per heavy atom. The van der Waals surface area contributed by atoms with Gasteiger partial charge in [-0.2, -0.15) is 0 Å². The van der Waals surface area contributed by atoms with Crippen LogP contribution in [0.1, 0.15) is 51.5 Å². The van der Waals surface area contributed by atoms with Crippen molar-refractivity contribution >= 4 is 28.8 Å². The van der Waals surface area contributed by atoms with Crippen molar-refractivity contribution in [2.75, 3.05) is 10.0 Å². The lowest BCUT2D eigenvalue weighted by Gasteiger charge is -2.47. The summed E-state index contributed by atoms with van der Waals surface area (Å²) in [6.07, 6.45) is 7.38. The smallest absolute Gasteiger partial charge is 0.211 e. The predicted molar refractivity (Wildman–Crippen MR) is 119 cm³/mol. The number of hydrogen-bond donors (Lipinski definition) is 2. The average molecular weight is 411 g/mol. The molecule has 5 heteroatoms. The third-order valence-electron chi connectivity index (χ3n) is 6.70. The van der Waals surface area contributed by atoms with Gasteiger partial charge >= 0.3 is 0 Å². The minimum Gasteiger partial charge on any atom is -0.329 e. The normalized spacial score (nSPS) is 29.7. The van der Waals surface area contributed by atoms with Crippen molar-refractivity contribution in [3.63, 3.8) is 0 Å². The standard InChI is InChI=1S/C24H30N2O2S/c1-17-11-18-13-19(12-17)15-24(2,14-18)20-3-5-22(6-4-20)26-29(28)23-9-7-21(8-10-23)25-16-27/h3-10,16-19,26H,11-15H2,1-2H3,(H,25,27).